The monoisotopic (exact) mass is 287 g/mol. The second kappa shape index (κ2) is 8.04. The highest BCUT2D eigenvalue weighted by Gasteiger charge is 2.13. The fraction of sp³-hybridized carbons (Fsp3) is 0.294. The fourth-order valence-electron chi connectivity index (χ4n) is 1.89. The Hall–Kier alpha value is -2.36. The highest BCUT2D eigenvalue weighted by Crippen LogP contribution is 2.12. The number of rotatable bonds is 4. The van der Waals surface area contributed by atoms with E-state index in [0.717, 1.165) is 0 Å². The molecule has 0 bridgehead atoms. The van der Waals surface area contributed by atoms with Crippen LogP contribution >= 0.6 is 0 Å². The predicted molar refractivity (Wildman–Crippen MR) is 83.3 cm³/mol. The molecule has 112 valence electrons. The third-order valence-electron chi connectivity index (χ3n) is 2.95. The van der Waals surface area contributed by atoms with Crippen molar-refractivity contribution in [1.82, 2.24) is 4.57 Å². The Labute approximate surface area is 125 Å². The van der Waals surface area contributed by atoms with Crippen LogP contribution in [0.3, 0.4) is 0 Å². The van der Waals surface area contributed by atoms with Gasteiger partial charge in [-0.2, -0.15) is 0 Å². The highest BCUT2D eigenvalue weighted by atomic mass is 16.4. The Balaban J connectivity index is 0.00000106. The molecule has 1 aliphatic rings. The zero-order chi connectivity index (χ0) is 15.8. The van der Waals surface area contributed by atoms with Gasteiger partial charge in [-0.15, -0.1) is 0 Å². The van der Waals surface area contributed by atoms with E-state index in [1.165, 1.54) is 10.6 Å². The van der Waals surface area contributed by atoms with E-state index in [1.807, 2.05) is 39.0 Å². The lowest BCUT2D eigenvalue weighted by molar-refractivity contribution is -0.115. The minimum Gasteiger partial charge on any atom is -0.477 e. The lowest BCUT2D eigenvalue weighted by Crippen LogP contribution is -2.15. The van der Waals surface area contributed by atoms with Gasteiger partial charge in [-0.3, -0.25) is 4.79 Å². The molecule has 1 N–H and O–H groups in total. The quantitative estimate of drug-likeness (QED) is 0.922. The number of carboxylic acid groups (broad SMARTS) is 1. The van der Waals surface area contributed by atoms with Gasteiger partial charge in [0.05, 0.1) is 6.54 Å². The van der Waals surface area contributed by atoms with Crippen LogP contribution < -0.4 is 0 Å². The summed E-state index contributed by atoms with van der Waals surface area (Å²) in [5.74, 6) is -0.840. The Morgan fingerprint density at radius 3 is 2.67 bits per heavy atom. The normalized spacial score (nSPS) is 16.5. The van der Waals surface area contributed by atoms with Crippen molar-refractivity contribution in [3.63, 3.8) is 0 Å². The lowest BCUT2D eigenvalue weighted by atomic mass is 10.1. The van der Waals surface area contributed by atoms with E-state index in [4.69, 9.17) is 5.11 Å². The van der Waals surface area contributed by atoms with Gasteiger partial charge in [0.1, 0.15) is 5.69 Å². The first-order chi connectivity index (χ1) is 10.1. The van der Waals surface area contributed by atoms with Gasteiger partial charge in [0, 0.05) is 11.8 Å². The van der Waals surface area contributed by atoms with Crippen molar-refractivity contribution in [2.45, 2.75) is 27.3 Å². The van der Waals surface area contributed by atoms with E-state index < -0.39 is 5.97 Å². The Morgan fingerprint density at radius 2 is 2.00 bits per heavy atom. The van der Waals surface area contributed by atoms with Gasteiger partial charge in [0.25, 0.3) is 0 Å². The van der Waals surface area contributed by atoms with Crippen molar-refractivity contribution in [1.29, 1.82) is 0 Å². The van der Waals surface area contributed by atoms with Crippen molar-refractivity contribution in [2.75, 3.05) is 0 Å². The molecule has 4 nitrogen and oxygen atoms in total. The van der Waals surface area contributed by atoms with E-state index in [2.05, 4.69) is 0 Å². The highest BCUT2D eigenvalue weighted by molar-refractivity contribution is 5.98. The van der Waals surface area contributed by atoms with Crippen molar-refractivity contribution in [3.05, 3.63) is 60.0 Å². The van der Waals surface area contributed by atoms with Gasteiger partial charge in [-0.05, 0) is 18.1 Å². The molecule has 0 amide bonds. The van der Waals surface area contributed by atoms with Gasteiger partial charge in [0.15, 0.2) is 5.78 Å². The topological polar surface area (TPSA) is 59.3 Å². The predicted octanol–water partition coefficient (Wildman–Crippen LogP) is 3.47. The third-order valence-corrected chi connectivity index (χ3v) is 2.95. The molecular formula is C17H21NO3. The standard InChI is InChI=1S/C15H15NO3.C2H6/c1-11-4-2-5-12(8-7-11)14(17)10-16-9-3-6-13(16)15(18)19;1-2/h2-9,11H,10H2,1H3,(H,18,19);1-2H3. The average molecular weight is 287 g/mol. The van der Waals surface area contributed by atoms with Crippen LogP contribution in [0.15, 0.2) is 54.3 Å². The van der Waals surface area contributed by atoms with Gasteiger partial charge in [-0.25, -0.2) is 4.79 Å². The molecule has 1 heterocycles. The van der Waals surface area contributed by atoms with E-state index in [-0.39, 0.29) is 18.0 Å². The number of allylic oxidation sites excluding steroid dienone is 6. The summed E-state index contributed by atoms with van der Waals surface area (Å²) in [6.07, 6.45) is 10.9. The summed E-state index contributed by atoms with van der Waals surface area (Å²) >= 11 is 0. The Morgan fingerprint density at radius 1 is 1.29 bits per heavy atom. The number of ketones is 1. The maximum absolute atomic E-state index is 12.1. The SMILES string of the molecule is CC.CC1C=CC=C(C(=O)Cn2cccc2C(=O)O)C=C1. The molecule has 21 heavy (non-hydrogen) atoms. The second-order valence-electron chi connectivity index (χ2n) is 4.47. The largest absolute Gasteiger partial charge is 0.477 e. The van der Waals surface area contributed by atoms with E-state index in [9.17, 15) is 9.59 Å². The molecule has 0 saturated carbocycles. The summed E-state index contributed by atoms with van der Waals surface area (Å²) < 4.78 is 1.44. The van der Waals surface area contributed by atoms with Crippen LogP contribution in [0.25, 0.3) is 0 Å². The van der Waals surface area contributed by atoms with Crippen LogP contribution in [0.5, 0.6) is 0 Å². The van der Waals surface area contributed by atoms with Gasteiger partial charge < -0.3 is 9.67 Å². The van der Waals surface area contributed by atoms with Gasteiger partial charge in [-0.1, -0.05) is 51.2 Å². The molecule has 0 spiro atoms. The van der Waals surface area contributed by atoms with Crippen LogP contribution in [-0.2, 0) is 11.3 Å². The number of hydrogen-bond acceptors (Lipinski definition) is 2. The molecule has 0 fully saturated rings. The summed E-state index contributed by atoms with van der Waals surface area (Å²) in [6, 6.07) is 3.10. The number of hydrogen-bond donors (Lipinski definition) is 1. The molecule has 1 atom stereocenters. The average Bonchev–Trinajstić information content (AvgIpc) is 2.82. The first-order valence-electron chi connectivity index (χ1n) is 7.06. The maximum atomic E-state index is 12.1. The molecular weight excluding hydrogens is 266 g/mol. The fourth-order valence-corrected chi connectivity index (χ4v) is 1.89. The zero-order valence-corrected chi connectivity index (χ0v) is 12.6. The maximum Gasteiger partial charge on any atom is 0.352 e. The summed E-state index contributed by atoms with van der Waals surface area (Å²) in [5, 5.41) is 8.99. The van der Waals surface area contributed by atoms with Crippen LogP contribution in [0, 0.1) is 5.92 Å². The third kappa shape index (κ3) is 4.60. The van der Waals surface area contributed by atoms with Gasteiger partial charge in [0.2, 0.25) is 0 Å². The summed E-state index contributed by atoms with van der Waals surface area (Å²) in [6.45, 7) is 6.07. The molecule has 0 aliphatic heterocycles. The minimum atomic E-state index is -1.03. The number of carbonyl (C=O) groups is 2. The van der Waals surface area contributed by atoms with E-state index in [0.29, 0.717) is 11.5 Å². The first kappa shape index (κ1) is 16.7. The van der Waals surface area contributed by atoms with Crippen molar-refractivity contribution < 1.29 is 14.7 Å². The number of aromatic nitrogens is 1. The van der Waals surface area contributed by atoms with Crippen LogP contribution in [0.4, 0.5) is 0 Å². The Bertz CT molecular complexity index is 591. The molecule has 1 unspecified atom stereocenters. The molecule has 4 heteroatoms. The van der Waals surface area contributed by atoms with Crippen LogP contribution in [-0.4, -0.2) is 21.4 Å². The Kier molecular flexibility index (Phi) is 6.40. The van der Waals surface area contributed by atoms with Crippen molar-refractivity contribution in [3.8, 4) is 0 Å². The van der Waals surface area contributed by atoms with Gasteiger partial charge >= 0.3 is 5.97 Å². The lowest BCUT2D eigenvalue weighted by Gasteiger charge is -2.06. The molecule has 0 aromatic carbocycles. The number of carboxylic acids is 1. The second-order valence-corrected chi connectivity index (χ2v) is 4.47. The summed E-state index contributed by atoms with van der Waals surface area (Å²) in [5.41, 5.74) is 0.709. The summed E-state index contributed by atoms with van der Waals surface area (Å²) in [7, 11) is 0. The molecule has 0 radical (unpaired) electrons. The van der Waals surface area contributed by atoms with Crippen LogP contribution in [0.2, 0.25) is 0 Å². The van der Waals surface area contributed by atoms with E-state index >= 15 is 0 Å². The van der Waals surface area contributed by atoms with Crippen molar-refractivity contribution in [2.24, 2.45) is 5.92 Å². The smallest absolute Gasteiger partial charge is 0.352 e. The van der Waals surface area contributed by atoms with Crippen molar-refractivity contribution >= 4 is 11.8 Å². The molecule has 1 aromatic heterocycles. The first-order valence-corrected chi connectivity index (χ1v) is 7.06. The molecule has 2 rings (SSSR count). The molecule has 1 aliphatic carbocycles. The number of nitrogens with zero attached hydrogens (tertiary/aromatic N) is 1. The molecule has 0 saturated heterocycles. The molecule has 1 aromatic rings. The van der Waals surface area contributed by atoms with E-state index in [1.54, 1.807) is 24.4 Å². The number of Topliss-reactive ketones (excluding diaryl/α,β-unsaturated/α-hetero) is 1. The number of carbonyl (C=O) groups excluding carboxylic acids is 1. The number of aromatic carboxylic acids is 1. The van der Waals surface area contributed by atoms with Crippen LogP contribution in [0.1, 0.15) is 31.3 Å². The summed E-state index contributed by atoms with van der Waals surface area (Å²) in [4.78, 5) is 23.1. The minimum absolute atomic E-state index is 0.0347. The zero-order valence-electron chi connectivity index (χ0n) is 12.6.